The van der Waals surface area contributed by atoms with Gasteiger partial charge in [-0.1, -0.05) is 72.8 Å². The van der Waals surface area contributed by atoms with Crippen molar-refractivity contribution in [2.45, 2.75) is 51.6 Å². The maximum atomic E-state index is 14.2. The van der Waals surface area contributed by atoms with Gasteiger partial charge in [-0.15, -0.1) is 0 Å². The third-order valence-electron chi connectivity index (χ3n) is 6.83. The Morgan fingerprint density at radius 3 is 2.13 bits per heavy atom. The summed E-state index contributed by atoms with van der Waals surface area (Å²) in [5.41, 5.74) is 2.55. The summed E-state index contributed by atoms with van der Waals surface area (Å²) in [6.45, 7) is 8.41. The number of carbonyl (C=O) groups excluding carboxylic acids is 2. The molecule has 4 aromatic rings. The van der Waals surface area contributed by atoms with Gasteiger partial charge in [-0.25, -0.2) is 4.79 Å². The predicted molar refractivity (Wildman–Crippen MR) is 154 cm³/mol. The van der Waals surface area contributed by atoms with Crippen molar-refractivity contribution in [3.05, 3.63) is 108 Å². The highest BCUT2D eigenvalue weighted by Gasteiger charge is 2.36. The van der Waals surface area contributed by atoms with Crippen molar-refractivity contribution in [3.8, 4) is 0 Å². The van der Waals surface area contributed by atoms with Crippen LogP contribution in [0.25, 0.3) is 10.8 Å². The lowest BCUT2D eigenvalue weighted by atomic mass is 9.80. The van der Waals surface area contributed by atoms with E-state index in [9.17, 15) is 9.59 Å². The van der Waals surface area contributed by atoms with E-state index < -0.39 is 5.92 Å². The fourth-order valence-corrected chi connectivity index (χ4v) is 5.20. The number of amides is 3. The normalized spacial score (nSPS) is 12.8. The SMILES string of the molecule is CC(C)N(C(=O)C(c1cccnc1)C(CNC(=O)Nc1cccc2ccccc12)c1ccccc1)C(C)C. The summed E-state index contributed by atoms with van der Waals surface area (Å²) in [5.74, 6) is -0.798. The molecular formula is C32H36N4O2. The van der Waals surface area contributed by atoms with Gasteiger partial charge >= 0.3 is 6.03 Å². The van der Waals surface area contributed by atoms with Crippen LogP contribution in [0.3, 0.4) is 0 Å². The van der Waals surface area contributed by atoms with E-state index in [-0.39, 0.29) is 36.5 Å². The maximum Gasteiger partial charge on any atom is 0.319 e. The molecule has 6 nitrogen and oxygen atoms in total. The van der Waals surface area contributed by atoms with E-state index in [0.29, 0.717) is 0 Å². The van der Waals surface area contributed by atoms with Gasteiger partial charge in [0.25, 0.3) is 0 Å². The Morgan fingerprint density at radius 1 is 0.789 bits per heavy atom. The Labute approximate surface area is 225 Å². The van der Waals surface area contributed by atoms with E-state index >= 15 is 0 Å². The van der Waals surface area contributed by atoms with Gasteiger partial charge < -0.3 is 15.5 Å². The molecule has 6 heteroatoms. The van der Waals surface area contributed by atoms with Gasteiger partial charge in [-0.3, -0.25) is 9.78 Å². The van der Waals surface area contributed by atoms with Crippen molar-refractivity contribution in [2.75, 3.05) is 11.9 Å². The number of anilines is 1. The minimum absolute atomic E-state index is 0.0214. The number of nitrogens with one attached hydrogen (secondary N) is 2. The molecule has 0 bridgehead atoms. The molecule has 0 aliphatic heterocycles. The van der Waals surface area contributed by atoms with E-state index in [1.165, 1.54) is 0 Å². The average molecular weight is 509 g/mol. The van der Waals surface area contributed by atoms with Gasteiger partial charge in [0.1, 0.15) is 0 Å². The molecule has 0 saturated heterocycles. The number of hydrogen-bond acceptors (Lipinski definition) is 3. The van der Waals surface area contributed by atoms with Crippen LogP contribution in [0.5, 0.6) is 0 Å². The summed E-state index contributed by atoms with van der Waals surface area (Å²) < 4.78 is 0. The highest BCUT2D eigenvalue weighted by molar-refractivity contribution is 6.01. The molecule has 0 aliphatic carbocycles. The standard InChI is InChI=1S/C32H36N4O2/c1-22(2)36(23(3)4)31(37)30(26-16-11-19-33-20-26)28(25-12-6-5-7-13-25)21-34-32(38)35-29-18-10-15-24-14-8-9-17-27(24)29/h5-20,22-23,28,30H,21H2,1-4H3,(H2,34,35,38). The number of rotatable bonds is 9. The van der Waals surface area contributed by atoms with E-state index in [2.05, 4.69) is 15.6 Å². The van der Waals surface area contributed by atoms with Crippen LogP contribution in [0, 0.1) is 0 Å². The molecular weight excluding hydrogens is 472 g/mol. The first-order chi connectivity index (χ1) is 18.4. The third-order valence-corrected chi connectivity index (χ3v) is 6.83. The molecule has 0 saturated carbocycles. The van der Waals surface area contributed by atoms with Crippen molar-refractivity contribution < 1.29 is 9.59 Å². The van der Waals surface area contributed by atoms with Gasteiger partial charge in [0.05, 0.1) is 11.6 Å². The number of urea groups is 1. The molecule has 0 fully saturated rings. The Hall–Kier alpha value is -4.19. The van der Waals surface area contributed by atoms with Crippen molar-refractivity contribution >= 4 is 28.4 Å². The van der Waals surface area contributed by atoms with Crippen LogP contribution in [-0.4, -0.2) is 40.5 Å². The molecule has 196 valence electrons. The van der Waals surface area contributed by atoms with Gasteiger partial charge in [0.15, 0.2) is 0 Å². The molecule has 1 aromatic heterocycles. The summed E-state index contributed by atoms with van der Waals surface area (Å²) in [6, 6.07) is 27.2. The van der Waals surface area contributed by atoms with E-state index in [4.69, 9.17) is 0 Å². The molecule has 3 amide bonds. The molecule has 0 aliphatic rings. The fourth-order valence-electron chi connectivity index (χ4n) is 5.20. The Kier molecular flexibility index (Phi) is 8.74. The Morgan fingerprint density at radius 2 is 1.45 bits per heavy atom. The monoisotopic (exact) mass is 508 g/mol. The molecule has 2 atom stereocenters. The lowest BCUT2D eigenvalue weighted by molar-refractivity contribution is -0.137. The van der Waals surface area contributed by atoms with E-state index in [0.717, 1.165) is 27.6 Å². The van der Waals surface area contributed by atoms with E-state index in [1.54, 1.807) is 12.4 Å². The van der Waals surface area contributed by atoms with Crippen molar-refractivity contribution in [2.24, 2.45) is 0 Å². The Bertz CT molecular complexity index is 1340. The molecule has 38 heavy (non-hydrogen) atoms. The molecule has 0 spiro atoms. The maximum absolute atomic E-state index is 14.2. The summed E-state index contributed by atoms with van der Waals surface area (Å²) in [4.78, 5) is 33.6. The summed E-state index contributed by atoms with van der Waals surface area (Å²) in [5, 5.41) is 8.08. The summed E-state index contributed by atoms with van der Waals surface area (Å²) in [7, 11) is 0. The number of fused-ring (bicyclic) bond motifs is 1. The quantitative estimate of drug-likeness (QED) is 0.269. The van der Waals surface area contributed by atoms with Gasteiger partial charge in [-0.05, 0) is 56.3 Å². The van der Waals surface area contributed by atoms with E-state index in [1.807, 2.05) is 118 Å². The second-order valence-corrected chi connectivity index (χ2v) is 10.1. The van der Waals surface area contributed by atoms with Gasteiger partial charge in [0, 0.05) is 42.3 Å². The van der Waals surface area contributed by atoms with Crippen LogP contribution >= 0.6 is 0 Å². The van der Waals surface area contributed by atoms with Gasteiger partial charge in [-0.2, -0.15) is 0 Å². The summed E-state index contributed by atoms with van der Waals surface area (Å²) in [6.07, 6.45) is 3.47. The zero-order valence-corrected chi connectivity index (χ0v) is 22.5. The van der Waals surface area contributed by atoms with Gasteiger partial charge in [0.2, 0.25) is 5.91 Å². The van der Waals surface area contributed by atoms with Crippen LogP contribution < -0.4 is 10.6 Å². The predicted octanol–water partition coefficient (Wildman–Crippen LogP) is 6.57. The van der Waals surface area contributed by atoms with Crippen LogP contribution in [0.1, 0.15) is 50.7 Å². The third kappa shape index (κ3) is 6.20. The van der Waals surface area contributed by atoms with Crippen LogP contribution in [0.2, 0.25) is 0 Å². The highest BCUT2D eigenvalue weighted by Crippen LogP contribution is 2.35. The molecule has 3 aromatic carbocycles. The van der Waals surface area contributed by atoms with Crippen LogP contribution in [0.4, 0.5) is 10.5 Å². The number of benzene rings is 3. The first-order valence-electron chi connectivity index (χ1n) is 13.2. The highest BCUT2D eigenvalue weighted by atomic mass is 16.2. The second kappa shape index (κ2) is 12.4. The Balaban J connectivity index is 1.65. The second-order valence-electron chi connectivity index (χ2n) is 10.1. The van der Waals surface area contributed by atoms with Crippen molar-refractivity contribution in [3.63, 3.8) is 0 Å². The first-order valence-corrected chi connectivity index (χ1v) is 13.2. The van der Waals surface area contributed by atoms with Crippen molar-refractivity contribution in [1.82, 2.24) is 15.2 Å². The lowest BCUT2D eigenvalue weighted by Crippen LogP contribution is -2.47. The zero-order valence-electron chi connectivity index (χ0n) is 22.5. The smallest absolute Gasteiger partial charge is 0.319 e. The average Bonchev–Trinajstić information content (AvgIpc) is 2.91. The topological polar surface area (TPSA) is 74.3 Å². The number of hydrogen-bond donors (Lipinski definition) is 2. The lowest BCUT2D eigenvalue weighted by Gasteiger charge is -2.37. The zero-order chi connectivity index (χ0) is 27.1. The number of nitrogens with zero attached hydrogens (tertiary/aromatic N) is 2. The molecule has 4 rings (SSSR count). The van der Waals surface area contributed by atoms with Crippen molar-refractivity contribution in [1.29, 1.82) is 0 Å². The first kappa shape index (κ1) is 26.9. The number of pyridine rings is 1. The fraction of sp³-hybridized carbons (Fsp3) is 0.281. The molecule has 2 N–H and O–H groups in total. The summed E-state index contributed by atoms with van der Waals surface area (Å²) >= 11 is 0. The van der Waals surface area contributed by atoms with Crippen LogP contribution in [0.15, 0.2) is 97.3 Å². The molecule has 2 unspecified atom stereocenters. The van der Waals surface area contributed by atoms with Crippen LogP contribution in [-0.2, 0) is 4.79 Å². The largest absolute Gasteiger partial charge is 0.337 e. The minimum atomic E-state index is -0.520. The molecule has 1 heterocycles. The number of carbonyl (C=O) groups is 2. The number of aromatic nitrogens is 1. The minimum Gasteiger partial charge on any atom is -0.337 e. The molecule has 0 radical (unpaired) electrons.